The normalized spacial score (nSPS) is 10.1. The van der Waals surface area contributed by atoms with Crippen LogP contribution in [0.2, 0.25) is 0 Å². The molecule has 0 aliphatic heterocycles. The topological polar surface area (TPSA) is 52.1 Å². The lowest BCUT2D eigenvalue weighted by atomic mass is 10.2. The van der Waals surface area contributed by atoms with Gasteiger partial charge in [0.2, 0.25) is 5.88 Å². The van der Waals surface area contributed by atoms with E-state index in [0.29, 0.717) is 22.3 Å². The van der Waals surface area contributed by atoms with Crippen molar-refractivity contribution in [3.05, 3.63) is 41.6 Å². The molecule has 0 spiro atoms. The van der Waals surface area contributed by atoms with Crippen molar-refractivity contribution in [3.63, 3.8) is 0 Å². The van der Waals surface area contributed by atoms with Crippen LogP contribution in [-0.2, 0) is 0 Å². The third kappa shape index (κ3) is 3.07. The standard InChI is InChI=1S/C13H12N2O2S/c1-9-6-12(15-13(14-9)18-2)17-11-5-3-4-10(7-11)8-16/h3-8H,1-2H3. The minimum Gasteiger partial charge on any atom is -0.439 e. The summed E-state index contributed by atoms with van der Waals surface area (Å²) in [7, 11) is 0. The van der Waals surface area contributed by atoms with Crippen LogP contribution in [-0.4, -0.2) is 22.5 Å². The Hall–Kier alpha value is -1.88. The maximum Gasteiger partial charge on any atom is 0.223 e. The van der Waals surface area contributed by atoms with Gasteiger partial charge in [-0.25, -0.2) is 4.98 Å². The number of hydrogen-bond acceptors (Lipinski definition) is 5. The molecule has 4 nitrogen and oxygen atoms in total. The first-order valence-corrected chi connectivity index (χ1v) is 6.56. The highest BCUT2D eigenvalue weighted by molar-refractivity contribution is 7.98. The Morgan fingerprint density at radius 3 is 2.83 bits per heavy atom. The zero-order valence-corrected chi connectivity index (χ0v) is 10.9. The molecular weight excluding hydrogens is 248 g/mol. The number of rotatable bonds is 4. The van der Waals surface area contributed by atoms with E-state index in [1.165, 1.54) is 11.8 Å². The summed E-state index contributed by atoms with van der Waals surface area (Å²) < 4.78 is 5.62. The molecule has 0 bridgehead atoms. The number of nitrogens with zero attached hydrogens (tertiary/aromatic N) is 2. The van der Waals surface area contributed by atoms with Crippen LogP contribution in [0.4, 0.5) is 0 Å². The molecule has 0 radical (unpaired) electrons. The second-order valence-corrected chi connectivity index (χ2v) is 4.40. The Morgan fingerprint density at radius 2 is 2.11 bits per heavy atom. The number of hydrogen-bond donors (Lipinski definition) is 0. The number of carbonyl (C=O) groups is 1. The SMILES string of the molecule is CSc1nc(C)cc(Oc2cccc(C=O)c2)n1. The molecule has 0 fully saturated rings. The van der Waals surface area contributed by atoms with Gasteiger partial charge in [0.15, 0.2) is 5.16 Å². The number of carbonyl (C=O) groups excluding carboxylic acids is 1. The van der Waals surface area contributed by atoms with Crippen molar-refractivity contribution in [2.24, 2.45) is 0 Å². The molecule has 2 rings (SSSR count). The second kappa shape index (κ2) is 5.64. The summed E-state index contributed by atoms with van der Waals surface area (Å²) in [5, 5.41) is 0.663. The lowest BCUT2D eigenvalue weighted by Gasteiger charge is -2.06. The van der Waals surface area contributed by atoms with Crippen molar-refractivity contribution >= 4 is 18.0 Å². The zero-order valence-electron chi connectivity index (χ0n) is 10.1. The van der Waals surface area contributed by atoms with Crippen molar-refractivity contribution in [3.8, 4) is 11.6 Å². The maximum absolute atomic E-state index is 10.7. The summed E-state index contributed by atoms with van der Waals surface area (Å²) >= 11 is 1.46. The first kappa shape index (κ1) is 12.6. The average molecular weight is 260 g/mol. The van der Waals surface area contributed by atoms with Gasteiger partial charge < -0.3 is 4.74 Å². The molecule has 1 heterocycles. The van der Waals surface area contributed by atoms with Gasteiger partial charge in [-0.3, -0.25) is 4.79 Å². The number of thioether (sulfide) groups is 1. The van der Waals surface area contributed by atoms with E-state index in [-0.39, 0.29) is 0 Å². The Kier molecular flexibility index (Phi) is 3.94. The molecule has 18 heavy (non-hydrogen) atoms. The van der Waals surface area contributed by atoms with E-state index in [2.05, 4.69) is 9.97 Å². The highest BCUT2D eigenvalue weighted by Crippen LogP contribution is 2.22. The summed E-state index contributed by atoms with van der Waals surface area (Å²) in [6.45, 7) is 1.89. The van der Waals surface area contributed by atoms with Gasteiger partial charge in [-0.1, -0.05) is 23.9 Å². The highest BCUT2D eigenvalue weighted by Gasteiger charge is 2.04. The summed E-state index contributed by atoms with van der Waals surface area (Å²) in [4.78, 5) is 19.2. The average Bonchev–Trinajstić information content (AvgIpc) is 2.38. The molecule has 0 amide bonds. The fraction of sp³-hybridized carbons (Fsp3) is 0.154. The molecule has 92 valence electrons. The maximum atomic E-state index is 10.7. The predicted octanol–water partition coefficient (Wildman–Crippen LogP) is 3.11. The molecule has 2 aromatic rings. The number of aryl methyl sites for hydroxylation is 1. The predicted molar refractivity (Wildman–Crippen MR) is 70.5 cm³/mol. The number of ether oxygens (including phenoxy) is 1. The largest absolute Gasteiger partial charge is 0.439 e. The summed E-state index contributed by atoms with van der Waals surface area (Å²) in [5.74, 6) is 1.07. The van der Waals surface area contributed by atoms with E-state index in [9.17, 15) is 4.79 Å². The number of benzene rings is 1. The summed E-state index contributed by atoms with van der Waals surface area (Å²) in [5.41, 5.74) is 1.42. The minimum atomic E-state index is 0.481. The van der Waals surface area contributed by atoms with Crippen molar-refractivity contribution in [2.45, 2.75) is 12.1 Å². The molecular formula is C13H12N2O2S. The van der Waals surface area contributed by atoms with Crippen LogP contribution < -0.4 is 4.74 Å². The zero-order chi connectivity index (χ0) is 13.0. The molecule has 0 unspecified atom stereocenters. The Labute approximate surface area is 109 Å². The Bertz CT molecular complexity index is 573. The molecule has 0 aliphatic rings. The van der Waals surface area contributed by atoms with Gasteiger partial charge in [0.1, 0.15) is 12.0 Å². The van der Waals surface area contributed by atoms with Crippen LogP contribution in [0.3, 0.4) is 0 Å². The first-order chi connectivity index (χ1) is 8.71. The second-order valence-electron chi connectivity index (χ2n) is 3.63. The summed E-state index contributed by atoms with van der Waals surface area (Å²) in [6.07, 6.45) is 2.69. The van der Waals surface area contributed by atoms with Gasteiger partial charge in [0, 0.05) is 17.3 Å². The van der Waals surface area contributed by atoms with Gasteiger partial charge in [0.25, 0.3) is 0 Å². The highest BCUT2D eigenvalue weighted by atomic mass is 32.2. The van der Waals surface area contributed by atoms with Crippen molar-refractivity contribution < 1.29 is 9.53 Å². The molecule has 0 saturated heterocycles. The van der Waals surface area contributed by atoms with E-state index in [1.807, 2.05) is 13.2 Å². The van der Waals surface area contributed by atoms with Gasteiger partial charge in [0.05, 0.1) is 0 Å². The van der Waals surface area contributed by atoms with Crippen LogP contribution in [0.25, 0.3) is 0 Å². The lowest BCUT2D eigenvalue weighted by molar-refractivity contribution is 0.112. The van der Waals surface area contributed by atoms with Crippen LogP contribution in [0.15, 0.2) is 35.5 Å². The third-order valence-electron chi connectivity index (χ3n) is 2.21. The fourth-order valence-electron chi connectivity index (χ4n) is 1.43. The quantitative estimate of drug-likeness (QED) is 0.480. The van der Waals surface area contributed by atoms with E-state index in [4.69, 9.17) is 4.74 Å². The van der Waals surface area contributed by atoms with Gasteiger partial charge in [-0.2, -0.15) is 4.98 Å². The molecule has 0 N–H and O–H groups in total. The van der Waals surface area contributed by atoms with Crippen molar-refractivity contribution in [2.75, 3.05) is 6.26 Å². The number of aromatic nitrogens is 2. The van der Waals surface area contributed by atoms with Crippen LogP contribution in [0.5, 0.6) is 11.6 Å². The number of aldehydes is 1. The van der Waals surface area contributed by atoms with Crippen molar-refractivity contribution in [1.82, 2.24) is 9.97 Å². The van der Waals surface area contributed by atoms with Crippen molar-refractivity contribution in [1.29, 1.82) is 0 Å². The Balaban J connectivity index is 2.27. The van der Waals surface area contributed by atoms with E-state index < -0.39 is 0 Å². The molecule has 0 aliphatic carbocycles. The summed E-state index contributed by atoms with van der Waals surface area (Å²) in [6, 6.07) is 8.70. The van der Waals surface area contributed by atoms with E-state index in [1.54, 1.807) is 30.3 Å². The fourth-order valence-corrected chi connectivity index (χ4v) is 1.85. The molecule has 1 aromatic heterocycles. The molecule has 0 saturated carbocycles. The smallest absolute Gasteiger partial charge is 0.223 e. The minimum absolute atomic E-state index is 0.481. The van der Waals surface area contributed by atoms with E-state index in [0.717, 1.165) is 12.0 Å². The van der Waals surface area contributed by atoms with Crippen LogP contribution >= 0.6 is 11.8 Å². The lowest BCUT2D eigenvalue weighted by Crippen LogP contribution is -1.94. The van der Waals surface area contributed by atoms with Crippen LogP contribution in [0, 0.1) is 6.92 Å². The molecule has 0 atom stereocenters. The van der Waals surface area contributed by atoms with Crippen LogP contribution in [0.1, 0.15) is 16.1 Å². The molecule has 5 heteroatoms. The first-order valence-electron chi connectivity index (χ1n) is 5.34. The molecule has 1 aromatic carbocycles. The third-order valence-corrected chi connectivity index (χ3v) is 2.76. The van der Waals surface area contributed by atoms with Gasteiger partial charge in [-0.05, 0) is 25.3 Å². The monoisotopic (exact) mass is 260 g/mol. The van der Waals surface area contributed by atoms with Gasteiger partial charge >= 0.3 is 0 Å². The van der Waals surface area contributed by atoms with Gasteiger partial charge in [-0.15, -0.1) is 0 Å². The van der Waals surface area contributed by atoms with E-state index >= 15 is 0 Å². The Morgan fingerprint density at radius 1 is 1.28 bits per heavy atom.